The molecule has 118 valence electrons. The number of hydrogen-bond donors (Lipinski definition) is 1. The van der Waals surface area contributed by atoms with E-state index in [0.717, 1.165) is 15.6 Å². The number of nitrogens with one attached hydrogen (secondary N) is 1. The van der Waals surface area contributed by atoms with Crippen molar-refractivity contribution in [3.63, 3.8) is 0 Å². The molecule has 0 aromatic heterocycles. The van der Waals surface area contributed by atoms with Crippen molar-refractivity contribution in [1.29, 1.82) is 0 Å². The Balaban J connectivity index is 1.65. The van der Waals surface area contributed by atoms with Crippen molar-refractivity contribution in [2.45, 2.75) is 0 Å². The van der Waals surface area contributed by atoms with Crippen LogP contribution in [-0.4, -0.2) is 12.1 Å². The van der Waals surface area contributed by atoms with E-state index in [4.69, 9.17) is 0 Å². The van der Waals surface area contributed by atoms with Crippen LogP contribution in [0.2, 0.25) is 0 Å². The maximum atomic E-state index is 12.0. The number of hydrazone groups is 1. The molecular weight excluding hydrogens is 364 g/mol. The Morgan fingerprint density at radius 3 is 2.17 bits per heavy atom. The molecule has 0 aliphatic heterocycles. The maximum absolute atomic E-state index is 12.0. The predicted octanol–water partition coefficient (Wildman–Crippen LogP) is 4.88. The van der Waals surface area contributed by atoms with Crippen LogP contribution in [0.1, 0.15) is 15.9 Å². The van der Waals surface area contributed by atoms with Crippen molar-refractivity contribution in [3.05, 3.63) is 94.5 Å². The molecule has 0 spiro atoms. The summed E-state index contributed by atoms with van der Waals surface area (Å²) in [5.74, 6) is -0.250. The highest BCUT2D eigenvalue weighted by atomic mass is 79.9. The lowest BCUT2D eigenvalue weighted by molar-refractivity contribution is 0.0954. The fourth-order valence-electron chi connectivity index (χ4n) is 2.26. The maximum Gasteiger partial charge on any atom is 0.272 e. The minimum absolute atomic E-state index is 0.250. The Labute approximate surface area is 149 Å². The van der Waals surface area contributed by atoms with E-state index < -0.39 is 0 Å². The Hall–Kier alpha value is -2.72. The number of halogens is 1. The van der Waals surface area contributed by atoms with E-state index in [1.165, 1.54) is 5.56 Å². The summed E-state index contributed by atoms with van der Waals surface area (Å²) in [5, 5.41) is 4.02. The van der Waals surface area contributed by atoms with Crippen LogP contribution in [0.5, 0.6) is 0 Å². The Bertz CT molecular complexity index is 858. The number of amides is 1. The van der Waals surface area contributed by atoms with E-state index in [9.17, 15) is 4.79 Å². The van der Waals surface area contributed by atoms with Crippen LogP contribution in [0.25, 0.3) is 11.1 Å². The minimum Gasteiger partial charge on any atom is -0.267 e. The van der Waals surface area contributed by atoms with Crippen molar-refractivity contribution in [2.24, 2.45) is 5.10 Å². The molecule has 3 nitrogen and oxygen atoms in total. The Morgan fingerprint density at radius 2 is 1.46 bits per heavy atom. The first-order chi connectivity index (χ1) is 11.7. The molecule has 3 aromatic rings. The van der Waals surface area contributed by atoms with Gasteiger partial charge in [-0.25, -0.2) is 5.43 Å². The van der Waals surface area contributed by atoms with Gasteiger partial charge in [0.2, 0.25) is 0 Å². The van der Waals surface area contributed by atoms with Gasteiger partial charge in [0, 0.05) is 4.47 Å². The van der Waals surface area contributed by atoms with Crippen molar-refractivity contribution in [1.82, 2.24) is 5.43 Å². The molecule has 0 saturated carbocycles. The van der Waals surface area contributed by atoms with E-state index in [0.29, 0.717) is 5.56 Å². The largest absolute Gasteiger partial charge is 0.272 e. The third-order valence-corrected chi connectivity index (χ3v) is 4.21. The minimum atomic E-state index is -0.250. The van der Waals surface area contributed by atoms with Crippen LogP contribution in [0.4, 0.5) is 0 Å². The van der Waals surface area contributed by atoms with Gasteiger partial charge < -0.3 is 0 Å². The zero-order valence-electron chi connectivity index (χ0n) is 12.8. The monoisotopic (exact) mass is 378 g/mol. The van der Waals surface area contributed by atoms with Crippen LogP contribution >= 0.6 is 15.9 Å². The molecule has 0 saturated heterocycles. The first-order valence-electron chi connectivity index (χ1n) is 7.47. The smallest absolute Gasteiger partial charge is 0.267 e. The molecule has 0 fully saturated rings. The number of carbonyl (C=O) groups excluding carboxylic acids is 1. The van der Waals surface area contributed by atoms with Gasteiger partial charge in [-0.2, -0.15) is 5.10 Å². The average molecular weight is 379 g/mol. The fraction of sp³-hybridized carbons (Fsp3) is 0. The zero-order valence-corrected chi connectivity index (χ0v) is 14.4. The third kappa shape index (κ3) is 3.97. The lowest BCUT2D eigenvalue weighted by Crippen LogP contribution is -2.18. The summed E-state index contributed by atoms with van der Waals surface area (Å²) in [5.41, 5.74) is 6.32. The lowest BCUT2D eigenvalue weighted by atomic mass is 10.0. The van der Waals surface area contributed by atoms with Gasteiger partial charge in [0.1, 0.15) is 0 Å². The van der Waals surface area contributed by atoms with Crippen molar-refractivity contribution >= 4 is 28.1 Å². The molecule has 3 aromatic carbocycles. The summed E-state index contributed by atoms with van der Waals surface area (Å²) >= 11 is 3.35. The summed E-state index contributed by atoms with van der Waals surface area (Å²) < 4.78 is 0.741. The molecule has 0 aliphatic carbocycles. The summed E-state index contributed by atoms with van der Waals surface area (Å²) in [4.78, 5) is 12.0. The molecular formula is C20H15BrN2O. The van der Waals surface area contributed by atoms with Gasteiger partial charge in [0.25, 0.3) is 5.91 Å². The van der Waals surface area contributed by atoms with Gasteiger partial charge in [-0.05, 0) is 44.8 Å². The molecule has 0 heterocycles. The molecule has 4 heteroatoms. The normalized spacial score (nSPS) is 10.7. The molecule has 1 N–H and O–H groups in total. The Kier molecular flexibility index (Phi) is 5.18. The van der Waals surface area contributed by atoms with Gasteiger partial charge in [0.15, 0.2) is 0 Å². The summed E-state index contributed by atoms with van der Waals surface area (Å²) in [6.45, 7) is 0. The molecule has 0 unspecified atom stereocenters. The molecule has 1 amide bonds. The lowest BCUT2D eigenvalue weighted by Gasteiger charge is -2.03. The highest BCUT2D eigenvalue weighted by Gasteiger charge is 2.07. The first kappa shape index (κ1) is 16.1. The van der Waals surface area contributed by atoms with E-state index in [1.807, 2.05) is 60.7 Å². The van der Waals surface area contributed by atoms with E-state index in [1.54, 1.807) is 12.3 Å². The van der Waals surface area contributed by atoms with Crippen molar-refractivity contribution < 1.29 is 4.79 Å². The van der Waals surface area contributed by atoms with Gasteiger partial charge >= 0.3 is 0 Å². The topological polar surface area (TPSA) is 41.5 Å². The summed E-state index contributed by atoms with van der Waals surface area (Å²) in [6.07, 6.45) is 1.63. The molecule has 3 rings (SSSR count). The second-order valence-electron chi connectivity index (χ2n) is 5.17. The quantitative estimate of drug-likeness (QED) is 0.510. The van der Waals surface area contributed by atoms with Crippen LogP contribution < -0.4 is 5.43 Å². The number of carbonyl (C=O) groups is 1. The van der Waals surface area contributed by atoms with Crippen LogP contribution in [0.3, 0.4) is 0 Å². The average Bonchev–Trinajstić information content (AvgIpc) is 2.63. The van der Waals surface area contributed by atoms with E-state index in [-0.39, 0.29) is 5.91 Å². The first-order valence-corrected chi connectivity index (χ1v) is 8.27. The summed E-state index contributed by atoms with van der Waals surface area (Å²) in [7, 11) is 0. The summed E-state index contributed by atoms with van der Waals surface area (Å²) in [6, 6.07) is 25.4. The third-order valence-electron chi connectivity index (χ3n) is 3.52. The second-order valence-corrected chi connectivity index (χ2v) is 6.02. The van der Waals surface area contributed by atoms with Gasteiger partial charge in [-0.3, -0.25) is 4.79 Å². The van der Waals surface area contributed by atoms with E-state index >= 15 is 0 Å². The number of rotatable bonds is 4. The second kappa shape index (κ2) is 7.70. The van der Waals surface area contributed by atoms with Crippen LogP contribution in [0.15, 0.2) is 88.4 Å². The van der Waals surface area contributed by atoms with Gasteiger partial charge in [0.05, 0.1) is 11.8 Å². The molecule has 0 bridgehead atoms. The SMILES string of the molecule is O=C(N/N=C\c1ccc(-c2ccccc2)cc1)c1ccccc1Br. The molecule has 0 aliphatic rings. The van der Waals surface area contributed by atoms with Crippen LogP contribution in [-0.2, 0) is 0 Å². The van der Waals surface area contributed by atoms with Gasteiger partial charge in [-0.15, -0.1) is 0 Å². The molecule has 24 heavy (non-hydrogen) atoms. The highest BCUT2D eigenvalue weighted by molar-refractivity contribution is 9.10. The molecule has 0 radical (unpaired) electrons. The van der Waals surface area contributed by atoms with Crippen molar-refractivity contribution in [3.8, 4) is 11.1 Å². The highest BCUT2D eigenvalue weighted by Crippen LogP contribution is 2.18. The number of benzene rings is 3. The number of nitrogens with zero attached hydrogens (tertiary/aromatic N) is 1. The number of hydrogen-bond acceptors (Lipinski definition) is 2. The predicted molar refractivity (Wildman–Crippen MR) is 101 cm³/mol. The van der Waals surface area contributed by atoms with E-state index in [2.05, 4.69) is 38.6 Å². The fourth-order valence-corrected chi connectivity index (χ4v) is 2.73. The zero-order chi connectivity index (χ0) is 16.8. The Morgan fingerprint density at radius 1 is 0.833 bits per heavy atom. The molecule has 0 atom stereocenters. The standard InChI is InChI=1S/C20H15BrN2O/c21-19-9-5-4-8-18(19)20(24)23-22-14-15-10-12-17(13-11-15)16-6-2-1-3-7-16/h1-14H,(H,23,24)/b22-14-. The van der Waals surface area contributed by atoms with Crippen molar-refractivity contribution in [2.75, 3.05) is 0 Å². The van der Waals surface area contributed by atoms with Crippen LogP contribution in [0, 0.1) is 0 Å². The van der Waals surface area contributed by atoms with Gasteiger partial charge in [-0.1, -0.05) is 66.7 Å².